The minimum atomic E-state index is 0.672. The summed E-state index contributed by atoms with van der Waals surface area (Å²) in [5.41, 5.74) is 5.84. The molecule has 0 N–H and O–H groups in total. The zero-order chi connectivity index (χ0) is 23.0. The van der Waals surface area contributed by atoms with Crippen LogP contribution in [0, 0.1) is 0 Å². The van der Waals surface area contributed by atoms with E-state index in [0.717, 1.165) is 17.1 Å². The molecule has 5 aromatic carbocycles. The lowest BCUT2D eigenvalue weighted by atomic mass is 10.1. The summed E-state index contributed by atoms with van der Waals surface area (Å²) in [5.74, 6) is 0. The summed E-state index contributed by atoms with van der Waals surface area (Å²) < 4.78 is 0. The monoisotopic (exact) mass is 451 g/mol. The Labute approximate surface area is 204 Å². The van der Waals surface area contributed by atoms with Gasteiger partial charge in [0.15, 0.2) is 0 Å². The molecule has 2 radical (unpaired) electrons. The van der Waals surface area contributed by atoms with Crippen LogP contribution in [0.2, 0.25) is 0 Å². The highest BCUT2D eigenvalue weighted by atomic mass is 28.2. The van der Waals surface area contributed by atoms with Gasteiger partial charge < -0.3 is 4.90 Å². The summed E-state index contributed by atoms with van der Waals surface area (Å²) in [4.78, 5) is 2.28. The van der Waals surface area contributed by atoms with Gasteiger partial charge in [0, 0.05) is 17.1 Å². The van der Waals surface area contributed by atoms with Crippen molar-refractivity contribution in [3.05, 3.63) is 151 Å². The van der Waals surface area contributed by atoms with E-state index >= 15 is 0 Å². The van der Waals surface area contributed by atoms with Gasteiger partial charge in [0.2, 0.25) is 0 Å². The fraction of sp³-hybridized carbons (Fsp3) is 0. The van der Waals surface area contributed by atoms with Crippen molar-refractivity contribution in [2.24, 2.45) is 0 Å². The van der Waals surface area contributed by atoms with Gasteiger partial charge in [-0.1, -0.05) is 126 Å². The predicted molar refractivity (Wildman–Crippen MR) is 148 cm³/mol. The lowest BCUT2D eigenvalue weighted by molar-refractivity contribution is 1.28. The van der Waals surface area contributed by atoms with Crippen molar-refractivity contribution in [1.29, 1.82) is 0 Å². The average Bonchev–Trinajstić information content (AvgIpc) is 2.91. The highest BCUT2D eigenvalue weighted by Crippen LogP contribution is 2.34. The summed E-state index contributed by atoms with van der Waals surface area (Å²) in [7, 11) is 0.672. The number of hydrogen-bond acceptors (Lipinski definition) is 1. The van der Waals surface area contributed by atoms with Gasteiger partial charge >= 0.3 is 0 Å². The van der Waals surface area contributed by atoms with Gasteiger partial charge in [0.25, 0.3) is 0 Å². The zero-order valence-corrected chi connectivity index (χ0v) is 19.9. The maximum Gasteiger partial charge on any atom is 0.121 e. The molecule has 0 spiro atoms. The fourth-order valence-electron chi connectivity index (χ4n) is 3.94. The lowest BCUT2D eigenvalue weighted by Gasteiger charge is -2.25. The molecule has 0 bridgehead atoms. The maximum absolute atomic E-state index is 2.28. The average molecular weight is 452 g/mol. The second-order valence-electron chi connectivity index (χ2n) is 8.05. The van der Waals surface area contributed by atoms with Crippen molar-refractivity contribution in [2.75, 3.05) is 4.90 Å². The number of para-hydroxylation sites is 2. The number of anilines is 3. The minimum Gasteiger partial charge on any atom is -0.311 e. The van der Waals surface area contributed by atoms with Gasteiger partial charge in [-0.3, -0.25) is 0 Å². The van der Waals surface area contributed by atoms with E-state index in [2.05, 4.69) is 157 Å². The number of nitrogens with zero attached hydrogens (tertiary/aromatic N) is 1. The van der Waals surface area contributed by atoms with Gasteiger partial charge in [-0.25, -0.2) is 0 Å². The van der Waals surface area contributed by atoms with Crippen LogP contribution < -0.4 is 15.3 Å². The van der Waals surface area contributed by atoms with Crippen LogP contribution in [0.25, 0.3) is 12.2 Å². The Morgan fingerprint density at radius 3 is 1.53 bits per heavy atom. The van der Waals surface area contributed by atoms with Crippen molar-refractivity contribution in [3.8, 4) is 0 Å². The van der Waals surface area contributed by atoms with Crippen molar-refractivity contribution in [1.82, 2.24) is 0 Å². The molecule has 0 atom stereocenters. The van der Waals surface area contributed by atoms with Crippen LogP contribution in [0.15, 0.2) is 140 Å². The third-order valence-corrected chi connectivity index (χ3v) is 6.82. The molecular formula is C32H25NSi. The van der Waals surface area contributed by atoms with Crippen molar-refractivity contribution in [3.63, 3.8) is 0 Å². The minimum absolute atomic E-state index is 0.672. The van der Waals surface area contributed by atoms with Crippen LogP contribution in [0.5, 0.6) is 0 Å². The lowest BCUT2D eigenvalue weighted by Crippen LogP contribution is -2.26. The maximum atomic E-state index is 2.28. The summed E-state index contributed by atoms with van der Waals surface area (Å²) >= 11 is 0. The molecule has 2 heteroatoms. The van der Waals surface area contributed by atoms with Gasteiger partial charge in [0.05, 0.1) is 0 Å². The Balaban J connectivity index is 1.35. The molecule has 162 valence electrons. The highest BCUT2D eigenvalue weighted by molar-refractivity contribution is 6.67. The highest BCUT2D eigenvalue weighted by Gasteiger charge is 2.11. The molecule has 5 aromatic rings. The summed E-state index contributed by atoms with van der Waals surface area (Å²) in [6.07, 6.45) is 4.38. The second-order valence-corrected chi connectivity index (χ2v) is 9.45. The van der Waals surface area contributed by atoms with Crippen LogP contribution in [0.3, 0.4) is 0 Å². The molecule has 0 aromatic heterocycles. The molecule has 0 heterocycles. The third-order valence-electron chi connectivity index (χ3n) is 5.60. The summed E-state index contributed by atoms with van der Waals surface area (Å²) in [5, 5.41) is 2.71. The Kier molecular flexibility index (Phi) is 6.79. The van der Waals surface area contributed by atoms with Crippen molar-refractivity contribution >= 4 is 49.1 Å². The van der Waals surface area contributed by atoms with Crippen LogP contribution in [0.4, 0.5) is 17.1 Å². The summed E-state index contributed by atoms with van der Waals surface area (Å²) in [6.45, 7) is 0. The molecule has 0 aliphatic heterocycles. The first kappa shape index (κ1) is 21.7. The predicted octanol–water partition coefficient (Wildman–Crippen LogP) is 6.98. The summed E-state index contributed by atoms with van der Waals surface area (Å²) in [6, 6.07) is 49.2. The Hall–Kier alpha value is -4.14. The number of rotatable bonds is 7. The largest absolute Gasteiger partial charge is 0.311 e. The Morgan fingerprint density at radius 2 is 0.912 bits per heavy atom. The first-order valence-corrected chi connectivity index (χ1v) is 12.5. The first-order chi connectivity index (χ1) is 16.8. The van der Waals surface area contributed by atoms with E-state index in [-0.39, 0.29) is 0 Å². The van der Waals surface area contributed by atoms with Gasteiger partial charge in [-0.05, 0) is 47.5 Å². The zero-order valence-electron chi connectivity index (χ0n) is 18.9. The molecular weight excluding hydrogens is 426 g/mol. The molecule has 0 saturated heterocycles. The molecule has 0 aliphatic rings. The first-order valence-electron chi connectivity index (χ1n) is 11.5. The molecule has 1 nitrogen and oxygen atoms in total. The van der Waals surface area contributed by atoms with Gasteiger partial charge in [0.1, 0.15) is 9.52 Å². The van der Waals surface area contributed by atoms with Crippen LogP contribution in [0.1, 0.15) is 11.1 Å². The van der Waals surface area contributed by atoms with Crippen molar-refractivity contribution < 1.29 is 0 Å². The number of hydrogen-bond donors (Lipinski definition) is 0. The topological polar surface area (TPSA) is 3.24 Å². The van der Waals surface area contributed by atoms with Crippen LogP contribution >= 0.6 is 0 Å². The SMILES string of the molecule is C(=C\c1cccc([Si]c2ccccc2)c1)/c1ccc(N(c2ccccc2)c2ccccc2)cc1. The molecule has 0 aliphatic carbocycles. The smallest absolute Gasteiger partial charge is 0.121 e. The van der Waals surface area contributed by atoms with E-state index < -0.39 is 0 Å². The van der Waals surface area contributed by atoms with Crippen LogP contribution in [-0.2, 0) is 0 Å². The molecule has 0 amide bonds. The fourth-order valence-corrected chi connectivity index (χ4v) is 5.05. The molecule has 5 rings (SSSR count). The standard InChI is InChI=1S/C32H25NSi/c1-4-12-28(13-5-1)33(29-14-6-2-7-15-29)30-23-21-26(22-24-30)19-20-27-11-10-18-32(25-27)34-31-16-8-3-9-17-31/h1-25H/b20-19+. The van der Waals surface area contributed by atoms with Gasteiger partial charge in [-0.15, -0.1) is 0 Å². The van der Waals surface area contributed by atoms with Crippen LogP contribution in [-0.4, -0.2) is 9.52 Å². The second kappa shape index (κ2) is 10.6. The van der Waals surface area contributed by atoms with Crippen molar-refractivity contribution in [2.45, 2.75) is 0 Å². The quantitative estimate of drug-likeness (QED) is 0.191. The van der Waals surface area contributed by atoms with E-state index in [1.807, 2.05) is 0 Å². The van der Waals surface area contributed by atoms with E-state index in [9.17, 15) is 0 Å². The van der Waals surface area contributed by atoms with E-state index in [4.69, 9.17) is 0 Å². The third kappa shape index (κ3) is 5.43. The molecule has 0 unspecified atom stereocenters. The van der Waals surface area contributed by atoms with E-state index in [1.165, 1.54) is 21.5 Å². The normalized spacial score (nSPS) is 10.9. The Bertz CT molecular complexity index is 1310. The molecule has 0 fully saturated rings. The molecule has 34 heavy (non-hydrogen) atoms. The van der Waals surface area contributed by atoms with Gasteiger partial charge in [-0.2, -0.15) is 0 Å². The van der Waals surface area contributed by atoms with E-state index in [1.54, 1.807) is 0 Å². The Morgan fingerprint density at radius 1 is 0.412 bits per heavy atom. The number of benzene rings is 5. The molecule has 0 saturated carbocycles. The van der Waals surface area contributed by atoms with E-state index in [0.29, 0.717) is 9.52 Å².